The third-order valence-electron chi connectivity index (χ3n) is 2.45. The van der Waals surface area contributed by atoms with E-state index in [1.807, 2.05) is 6.42 Å². The van der Waals surface area contributed by atoms with Gasteiger partial charge in [0.05, 0.1) is 6.61 Å². The standard InChI is InChI=1S/C12H25O2/c1-2-3-4-5-6-7-8-9-10-11-12-14-13/h11,13H,2-10,12H2,1H3. The fraction of sp³-hybridized carbons (Fsp3) is 0.917. The van der Waals surface area contributed by atoms with E-state index < -0.39 is 0 Å². The Kier molecular flexibility index (Phi) is 12.8. The molecule has 0 bridgehead atoms. The van der Waals surface area contributed by atoms with Crippen LogP contribution in [0.5, 0.6) is 0 Å². The van der Waals surface area contributed by atoms with Gasteiger partial charge >= 0.3 is 0 Å². The Labute approximate surface area is 88.6 Å². The molecule has 1 radical (unpaired) electrons. The molecule has 0 amide bonds. The summed E-state index contributed by atoms with van der Waals surface area (Å²) in [6, 6.07) is 0. The maximum Gasteiger partial charge on any atom is 0.0851 e. The molecule has 1 N–H and O–H groups in total. The zero-order chi connectivity index (χ0) is 10.5. The maximum atomic E-state index is 8.06. The van der Waals surface area contributed by atoms with Crippen molar-refractivity contribution in [2.75, 3.05) is 6.61 Å². The average molecular weight is 201 g/mol. The molecule has 14 heavy (non-hydrogen) atoms. The summed E-state index contributed by atoms with van der Waals surface area (Å²) in [5.41, 5.74) is 0. The molecule has 0 saturated carbocycles. The Morgan fingerprint density at radius 1 is 0.929 bits per heavy atom. The van der Waals surface area contributed by atoms with E-state index in [0.717, 1.165) is 6.42 Å². The molecule has 0 aliphatic rings. The molecule has 0 aromatic rings. The minimum Gasteiger partial charge on any atom is -0.252 e. The first-order valence-electron chi connectivity index (χ1n) is 5.99. The van der Waals surface area contributed by atoms with Gasteiger partial charge in [-0.1, -0.05) is 58.3 Å². The van der Waals surface area contributed by atoms with Crippen LogP contribution in [0.15, 0.2) is 0 Å². The van der Waals surface area contributed by atoms with Gasteiger partial charge in [0.2, 0.25) is 0 Å². The minimum atomic E-state index is 0.372. The van der Waals surface area contributed by atoms with Gasteiger partial charge in [0.15, 0.2) is 0 Å². The first kappa shape index (κ1) is 13.9. The van der Waals surface area contributed by atoms with Gasteiger partial charge in [-0.05, 0) is 12.8 Å². The van der Waals surface area contributed by atoms with Crippen molar-refractivity contribution in [2.45, 2.75) is 64.7 Å². The molecule has 2 nitrogen and oxygen atoms in total. The molecule has 2 heteroatoms. The van der Waals surface area contributed by atoms with Crippen molar-refractivity contribution < 1.29 is 10.1 Å². The van der Waals surface area contributed by atoms with Gasteiger partial charge < -0.3 is 0 Å². The van der Waals surface area contributed by atoms with E-state index in [9.17, 15) is 0 Å². The first-order valence-corrected chi connectivity index (χ1v) is 5.99. The predicted molar refractivity (Wildman–Crippen MR) is 60.1 cm³/mol. The van der Waals surface area contributed by atoms with Gasteiger partial charge in [-0.2, -0.15) is 0 Å². The molecular formula is C12H25O2. The SMILES string of the molecule is CCCCCCCCCC[CH]COO. The van der Waals surface area contributed by atoms with Crippen LogP contribution in [0.2, 0.25) is 0 Å². The Bertz CT molecular complexity index is 82.3. The molecule has 0 saturated heterocycles. The third-order valence-corrected chi connectivity index (χ3v) is 2.45. The highest BCUT2D eigenvalue weighted by atomic mass is 17.1. The van der Waals surface area contributed by atoms with E-state index in [1.165, 1.54) is 51.4 Å². The molecule has 0 unspecified atom stereocenters. The smallest absolute Gasteiger partial charge is 0.0851 e. The Hall–Kier alpha value is -0.0800. The molecule has 0 aromatic heterocycles. The van der Waals surface area contributed by atoms with Gasteiger partial charge in [0, 0.05) is 0 Å². The summed E-state index contributed by atoms with van der Waals surface area (Å²) in [5, 5.41) is 8.06. The minimum absolute atomic E-state index is 0.372. The lowest BCUT2D eigenvalue weighted by Crippen LogP contribution is -1.89. The van der Waals surface area contributed by atoms with E-state index in [2.05, 4.69) is 11.8 Å². The third kappa shape index (κ3) is 11.9. The lowest BCUT2D eigenvalue weighted by Gasteiger charge is -2.01. The van der Waals surface area contributed by atoms with Crippen LogP contribution in [-0.4, -0.2) is 11.9 Å². The predicted octanol–water partition coefficient (Wildman–Crippen LogP) is 4.21. The summed E-state index contributed by atoms with van der Waals surface area (Å²) >= 11 is 0. The van der Waals surface area contributed by atoms with Crippen LogP contribution in [0.1, 0.15) is 64.7 Å². The topological polar surface area (TPSA) is 29.5 Å². The molecule has 0 rings (SSSR count). The van der Waals surface area contributed by atoms with Gasteiger partial charge in [-0.3, -0.25) is 5.26 Å². The van der Waals surface area contributed by atoms with Crippen molar-refractivity contribution in [2.24, 2.45) is 0 Å². The molecule has 85 valence electrons. The van der Waals surface area contributed by atoms with Crippen molar-refractivity contribution in [3.63, 3.8) is 0 Å². The lowest BCUT2D eigenvalue weighted by atomic mass is 10.1. The van der Waals surface area contributed by atoms with Crippen LogP contribution < -0.4 is 0 Å². The normalized spacial score (nSPS) is 10.7. The summed E-state index contributed by atoms with van der Waals surface area (Å²) in [5.74, 6) is 0. The second-order valence-electron chi connectivity index (χ2n) is 3.85. The zero-order valence-electron chi connectivity index (χ0n) is 9.50. The van der Waals surface area contributed by atoms with Crippen molar-refractivity contribution in [1.82, 2.24) is 0 Å². The van der Waals surface area contributed by atoms with Crippen LogP contribution in [-0.2, 0) is 4.89 Å². The Morgan fingerprint density at radius 2 is 1.50 bits per heavy atom. The van der Waals surface area contributed by atoms with Crippen LogP contribution in [0.4, 0.5) is 0 Å². The van der Waals surface area contributed by atoms with Crippen LogP contribution in [0, 0.1) is 6.42 Å². The second kappa shape index (κ2) is 12.9. The second-order valence-corrected chi connectivity index (χ2v) is 3.85. The highest BCUT2D eigenvalue weighted by molar-refractivity contribution is 4.61. The summed E-state index contributed by atoms with van der Waals surface area (Å²) < 4.78 is 0. The number of hydrogen-bond acceptors (Lipinski definition) is 2. The van der Waals surface area contributed by atoms with Gasteiger partial charge in [-0.15, -0.1) is 0 Å². The van der Waals surface area contributed by atoms with E-state index in [1.54, 1.807) is 0 Å². The zero-order valence-corrected chi connectivity index (χ0v) is 9.50. The summed E-state index contributed by atoms with van der Waals surface area (Å²) in [7, 11) is 0. The molecule has 0 fully saturated rings. The van der Waals surface area contributed by atoms with Crippen LogP contribution >= 0.6 is 0 Å². The van der Waals surface area contributed by atoms with E-state index in [-0.39, 0.29) is 0 Å². The van der Waals surface area contributed by atoms with E-state index in [0.29, 0.717) is 6.61 Å². The summed E-state index contributed by atoms with van der Waals surface area (Å²) in [4.78, 5) is 3.96. The maximum absolute atomic E-state index is 8.06. The highest BCUT2D eigenvalue weighted by Crippen LogP contribution is 2.09. The monoisotopic (exact) mass is 201 g/mol. The molecule has 0 aliphatic carbocycles. The Morgan fingerprint density at radius 3 is 2.07 bits per heavy atom. The molecule has 0 atom stereocenters. The van der Waals surface area contributed by atoms with Gasteiger partial charge in [0.1, 0.15) is 0 Å². The van der Waals surface area contributed by atoms with Crippen LogP contribution in [0.25, 0.3) is 0 Å². The average Bonchev–Trinajstić information content (AvgIpc) is 2.21. The molecule has 0 aromatic carbocycles. The van der Waals surface area contributed by atoms with Gasteiger partial charge in [0.25, 0.3) is 0 Å². The Balaban J connectivity index is 2.78. The van der Waals surface area contributed by atoms with Crippen molar-refractivity contribution >= 4 is 0 Å². The fourth-order valence-corrected chi connectivity index (χ4v) is 1.56. The molecule has 0 aliphatic heterocycles. The number of unbranched alkanes of at least 4 members (excludes halogenated alkanes) is 9. The highest BCUT2D eigenvalue weighted by Gasteiger charge is 1.92. The van der Waals surface area contributed by atoms with E-state index >= 15 is 0 Å². The van der Waals surface area contributed by atoms with Crippen molar-refractivity contribution in [1.29, 1.82) is 0 Å². The number of rotatable bonds is 11. The van der Waals surface area contributed by atoms with Crippen LogP contribution in [0.3, 0.4) is 0 Å². The molecule has 0 heterocycles. The largest absolute Gasteiger partial charge is 0.252 e. The van der Waals surface area contributed by atoms with Gasteiger partial charge in [-0.25, -0.2) is 4.89 Å². The number of hydrogen-bond donors (Lipinski definition) is 1. The quantitative estimate of drug-likeness (QED) is 0.308. The molecule has 0 spiro atoms. The van der Waals surface area contributed by atoms with E-state index in [4.69, 9.17) is 5.26 Å². The van der Waals surface area contributed by atoms with Crippen molar-refractivity contribution in [3.8, 4) is 0 Å². The summed E-state index contributed by atoms with van der Waals surface area (Å²) in [6.45, 7) is 2.62. The molecular weight excluding hydrogens is 176 g/mol. The van der Waals surface area contributed by atoms with Crippen molar-refractivity contribution in [3.05, 3.63) is 6.42 Å². The summed E-state index contributed by atoms with van der Waals surface area (Å²) in [6.07, 6.45) is 13.9. The lowest BCUT2D eigenvalue weighted by molar-refractivity contribution is -0.235. The fourth-order valence-electron chi connectivity index (χ4n) is 1.56. The first-order chi connectivity index (χ1) is 6.91.